The van der Waals surface area contributed by atoms with Gasteiger partial charge in [0.2, 0.25) is 12.0 Å². The Kier molecular flexibility index (Phi) is 5.41. The molecule has 7 atom stereocenters. The topological polar surface area (TPSA) is 186 Å². The Morgan fingerprint density at radius 3 is 2.35 bits per heavy atom. The minimum atomic E-state index is -1.78. The second kappa shape index (κ2) is 6.97. The molecule has 11 heteroatoms. The van der Waals surface area contributed by atoms with Gasteiger partial charge in [0, 0.05) is 0 Å². The Bertz CT molecular complexity index is 476. The van der Waals surface area contributed by atoms with E-state index in [0.29, 0.717) is 0 Å². The second-order valence-corrected chi connectivity index (χ2v) is 5.10. The Morgan fingerprint density at radius 1 is 1.13 bits per heavy atom. The predicted octanol–water partition coefficient (Wildman–Crippen LogP) is -4.15. The summed E-state index contributed by atoms with van der Waals surface area (Å²) in [6, 6.07) is 0. The molecule has 1 unspecified atom stereocenters. The molecule has 2 rings (SSSR count). The quantitative estimate of drug-likeness (QED) is 0.241. The van der Waals surface area contributed by atoms with Crippen LogP contribution in [0.15, 0.2) is 11.5 Å². The van der Waals surface area contributed by atoms with Gasteiger partial charge in [0.05, 0.1) is 13.2 Å². The summed E-state index contributed by atoms with van der Waals surface area (Å²) in [6.45, 7) is -1.51. The van der Waals surface area contributed by atoms with Gasteiger partial charge in [0.1, 0.15) is 30.5 Å². The minimum absolute atomic E-state index is 0.610. The van der Waals surface area contributed by atoms with Gasteiger partial charge in [-0.1, -0.05) is 0 Å². The predicted molar refractivity (Wildman–Crippen MR) is 67.5 cm³/mol. The van der Waals surface area contributed by atoms with Crippen molar-refractivity contribution < 1.29 is 54.8 Å². The summed E-state index contributed by atoms with van der Waals surface area (Å²) in [6.07, 6.45) is -11.2. The molecule has 0 amide bonds. The zero-order valence-electron chi connectivity index (χ0n) is 11.7. The zero-order valence-corrected chi connectivity index (χ0v) is 11.7. The van der Waals surface area contributed by atoms with E-state index in [-0.39, 0.29) is 0 Å². The van der Waals surface area contributed by atoms with E-state index in [1.807, 2.05) is 0 Å². The molecule has 1 saturated heterocycles. The summed E-state index contributed by atoms with van der Waals surface area (Å²) < 4.78 is 14.8. The number of esters is 1. The van der Waals surface area contributed by atoms with E-state index in [9.17, 15) is 30.3 Å². The van der Waals surface area contributed by atoms with Gasteiger partial charge in [-0.3, -0.25) is 0 Å². The van der Waals surface area contributed by atoms with Crippen molar-refractivity contribution in [3.63, 3.8) is 0 Å². The maximum atomic E-state index is 11.3. The number of hydrogen-bond donors (Lipinski definition) is 7. The number of cyclic esters (lactones) is 1. The van der Waals surface area contributed by atoms with Crippen LogP contribution in [0.1, 0.15) is 0 Å². The average molecular weight is 338 g/mol. The average Bonchev–Trinajstić information content (AvgIpc) is 2.82. The van der Waals surface area contributed by atoms with Crippen molar-refractivity contribution in [1.82, 2.24) is 0 Å². The largest absolute Gasteiger partial charge is 0.499 e. The first-order valence-electron chi connectivity index (χ1n) is 6.72. The molecule has 1 fully saturated rings. The number of carbonyl (C=O) groups is 1. The van der Waals surface area contributed by atoms with Crippen LogP contribution in [0.25, 0.3) is 0 Å². The normalized spacial score (nSPS) is 39.3. The van der Waals surface area contributed by atoms with Crippen LogP contribution < -0.4 is 0 Å². The second-order valence-electron chi connectivity index (χ2n) is 5.10. The number of hydrogen-bond acceptors (Lipinski definition) is 11. The molecule has 0 aromatic carbocycles. The molecule has 7 N–H and O–H groups in total. The first-order valence-corrected chi connectivity index (χ1v) is 6.72. The van der Waals surface area contributed by atoms with E-state index in [2.05, 4.69) is 4.74 Å². The molecule has 2 aliphatic heterocycles. The summed E-state index contributed by atoms with van der Waals surface area (Å²) >= 11 is 0. The van der Waals surface area contributed by atoms with Crippen molar-refractivity contribution in [2.75, 3.05) is 13.2 Å². The molecule has 2 aliphatic rings. The van der Waals surface area contributed by atoms with Gasteiger partial charge < -0.3 is 50.0 Å². The van der Waals surface area contributed by atoms with Crippen molar-refractivity contribution >= 4 is 5.97 Å². The first kappa shape index (κ1) is 17.9. The summed E-state index contributed by atoms with van der Waals surface area (Å²) in [5, 5.41) is 66.3. The highest BCUT2D eigenvalue weighted by atomic mass is 16.7. The lowest BCUT2D eigenvalue weighted by molar-refractivity contribution is -0.294. The molecule has 0 aromatic heterocycles. The van der Waals surface area contributed by atoms with E-state index in [1.165, 1.54) is 0 Å². The van der Waals surface area contributed by atoms with Crippen molar-refractivity contribution in [3.8, 4) is 0 Å². The monoisotopic (exact) mass is 338 g/mol. The fourth-order valence-electron chi connectivity index (χ4n) is 2.22. The highest BCUT2D eigenvalue weighted by Gasteiger charge is 2.48. The van der Waals surface area contributed by atoms with Crippen LogP contribution in [-0.4, -0.2) is 97.8 Å². The smallest absolute Gasteiger partial charge is 0.378 e. The lowest BCUT2D eigenvalue weighted by Crippen LogP contribution is -2.59. The maximum Gasteiger partial charge on any atom is 0.378 e. The first-order chi connectivity index (χ1) is 10.8. The van der Waals surface area contributed by atoms with Crippen molar-refractivity contribution in [1.29, 1.82) is 0 Å². The van der Waals surface area contributed by atoms with Crippen LogP contribution in [0.2, 0.25) is 0 Å². The molecule has 23 heavy (non-hydrogen) atoms. The van der Waals surface area contributed by atoms with Gasteiger partial charge in [-0.15, -0.1) is 0 Å². The number of aliphatic hydroxyl groups is 7. The molecule has 0 spiro atoms. The molecule has 11 nitrogen and oxygen atoms in total. The summed E-state index contributed by atoms with van der Waals surface area (Å²) in [4.78, 5) is 11.3. The zero-order chi connectivity index (χ0) is 17.3. The van der Waals surface area contributed by atoms with Gasteiger partial charge in [0.15, 0.2) is 11.9 Å². The van der Waals surface area contributed by atoms with Crippen molar-refractivity contribution in [3.05, 3.63) is 11.5 Å². The van der Waals surface area contributed by atoms with Crippen LogP contribution in [-0.2, 0) is 19.0 Å². The van der Waals surface area contributed by atoms with E-state index >= 15 is 0 Å². The number of rotatable bonds is 5. The summed E-state index contributed by atoms with van der Waals surface area (Å²) in [7, 11) is 0. The summed E-state index contributed by atoms with van der Waals surface area (Å²) in [5.41, 5.74) is 0. The van der Waals surface area contributed by atoms with E-state index in [0.717, 1.165) is 0 Å². The number of carbonyl (C=O) groups excluding carboxylic acids is 1. The van der Waals surface area contributed by atoms with Crippen LogP contribution >= 0.6 is 0 Å². The lowest BCUT2D eigenvalue weighted by Gasteiger charge is -2.40. The molecule has 2 heterocycles. The van der Waals surface area contributed by atoms with Gasteiger partial charge >= 0.3 is 5.97 Å². The third-order valence-electron chi connectivity index (χ3n) is 3.55. The molecule has 0 saturated carbocycles. The SMILES string of the molecule is O=C1O[C@H]([C@@H](O)CO)C(OC2O[C@H](CO)[C@@H](O)[C@H](O)[C@@H]2O)=C1O. The Hall–Kier alpha value is -1.47. The van der Waals surface area contributed by atoms with Crippen molar-refractivity contribution in [2.24, 2.45) is 0 Å². The Labute approximate surface area is 129 Å². The van der Waals surface area contributed by atoms with E-state index in [4.69, 9.17) is 19.7 Å². The molecule has 0 bridgehead atoms. The van der Waals surface area contributed by atoms with E-state index in [1.54, 1.807) is 0 Å². The van der Waals surface area contributed by atoms with Crippen LogP contribution in [0.5, 0.6) is 0 Å². The molecular formula is C12H18O11. The number of aliphatic hydroxyl groups excluding tert-OH is 7. The standard InChI is InChI=1S/C12H18O11/c13-1-3(15)9-10(8(19)11(20)22-9)23-12-7(18)6(17)5(16)4(2-14)21-12/h3-7,9,12-19H,1-2H2/t3-,4+,5+,6-,7-,9+,12?/m0/s1. The molecule has 0 aliphatic carbocycles. The van der Waals surface area contributed by atoms with Crippen LogP contribution in [0.4, 0.5) is 0 Å². The summed E-state index contributed by atoms with van der Waals surface area (Å²) in [5.74, 6) is -2.83. The molecule has 0 aromatic rings. The Balaban J connectivity index is 2.20. The third kappa shape index (κ3) is 3.26. The molecule has 0 radical (unpaired) electrons. The van der Waals surface area contributed by atoms with Gasteiger partial charge in [-0.25, -0.2) is 4.79 Å². The fraction of sp³-hybridized carbons (Fsp3) is 0.750. The van der Waals surface area contributed by atoms with Crippen molar-refractivity contribution in [2.45, 2.75) is 42.9 Å². The maximum absolute atomic E-state index is 11.3. The fourth-order valence-corrected chi connectivity index (χ4v) is 2.22. The lowest BCUT2D eigenvalue weighted by atomic mass is 9.99. The van der Waals surface area contributed by atoms with Crippen LogP contribution in [0, 0.1) is 0 Å². The van der Waals surface area contributed by atoms with E-state index < -0.39 is 73.6 Å². The van der Waals surface area contributed by atoms with Gasteiger partial charge in [0.25, 0.3) is 0 Å². The molecule has 132 valence electrons. The highest BCUT2D eigenvalue weighted by molar-refractivity contribution is 5.89. The van der Waals surface area contributed by atoms with Crippen LogP contribution in [0.3, 0.4) is 0 Å². The third-order valence-corrected chi connectivity index (χ3v) is 3.55. The minimum Gasteiger partial charge on any atom is -0.499 e. The van der Waals surface area contributed by atoms with Gasteiger partial charge in [-0.2, -0.15) is 0 Å². The Morgan fingerprint density at radius 2 is 1.78 bits per heavy atom. The van der Waals surface area contributed by atoms with Gasteiger partial charge in [-0.05, 0) is 0 Å². The molecular weight excluding hydrogens is 320 g/mol. The number of ether oxygens (including phenoxy) is 3. The highest BCUT2D eigenvalue weighted by Crippen LogP contribution is 2.30.